The molecule has 7 heteroatoms. The Bertz CT molecular complexity index is 1020. The lowest BCUT2D eigenvalue weighted by Gasteiger charge is -2.19. The van der Waals surface area contributed by atoms with Crippen LogP contribution >= 0.6 is 0 Å². The third kappa shape index (κ3) is 5.48. The molecule has 0 fully saturated rings. The summed E-state index contributed by atoms with van der Waals surface area (Å²) in [6.45, 7) is 0. The summed E-state index contributed by atoms with van der Waals surface area (Å²) in [5.74, 6) is -0.247. The molecule has 1 N–H and O–H groups in total. The Morgan fingerprint density at radius 2 is 1.39 bits per heavy atom. The van der Waals surface area contributed by atoms with Gasteiger partial charge in [-0.15, -0.1) is 0 Å². The van der Waals surface area contributed by atoms with E-state index in [1.54, 1.807) is 0 Å². The van der Waals surface area contributed by atoms with E-state index in [2.05, 4.69) is 4.72 Å². The number of hydrogen-bond donors (Lipinski definition) is 1. The lowest BCUT2D eigenvalue weighted by atomic mass is 10.00. The molecular weight excluding hydrogens is 376 g/mol. The Morgan fingerprint density at radius 3 is 1.96 bits per heavy atom. The molecule has 0 saturated heterocycles. The van der Waals surface area contributed by atoms with Crippen LogP contribution in [0.15, 0.2) is 84.9 Å². The normalized spacial score (nSPS) is 12.4. The summed E-state index contributed by atoms with van der Waals surface area (Å²) < 4.78 is 28.3. The summed E-state index contributed by atoms with van der Waals surface area (Å²) in [6.07, 6.45) is 0.518. The van der Waals surface area contributed by atoms with Crippen LogP contribution in [0.5, 0.6) is 0 Å². The summed E-state index contributed by atoms with van der Waals surface area (Å²) in [4.78, 5) is 10.2. The Kier molecular flexibility index (Phi) is 6.18. The van der Waals surface area contributed by atoms with Crippen molar-refractivity contribution in [3.63, 3.8) is 0 Å². The molecule has 6 nitrogen and oxygen atoms in total. The number of benzene rings is 3. The van der Waals surface area contributed by atoms with Crippen molar-refractivity contribution in [2.45, 2.75) is 18.2 Å². The van der Waals surface area contributed by atoms with Gasteiger partial charge in [0.05, 0.1) is 16.7 Å². The fourth-order valence-corrected chi connectivity index (χ4v) is 4.32. The van der Waals surface area contributed by atoms with E-state index < -0.39 is 21.0 Å². The van der Waals surface area contributed by atoms with Crippen LogP contribution in [-0.2, 0) is 22.2 Å². The van der Waals surface area contributed by atoms with E-state index in [1.807, 2.05) is 60.7 Å². The average Bonchev–Trinajstić information content (AvgIpc) is 2.69. The number of sulfonamides is 1. The van der Waals surface area contributed by atoms with Gasteiger partial charge in [-0.1, -0.05) is 72.8 Å². The zero-order valence-electron chi connectivity index (χ0n) is 15.1. The van der Waals surface area contributed by atoms with Gasteiger partial charge in [0, 0.05) is 12.1 Å². The van der Waals surface area contributed by atoms with Gasteiger partial charge in [-0.25, -0.2) is 13.1 Å². The molecule has 144 valence electrons. The molecule has 1 atom stereocenters. The van der Waals surface area contributed by atoms with Gasteiger partial charge in [-0.3, -0.25) is 10.1 Å². The van der Waals surface area contributed by atoms with Crippen LogP contribution in [0.25, 0.3) is 0 Å². The van der Waals surface area contributed by atoms with Crippen LogP contribution in [-0.4, -0.2) is 13.3 Å². The van der Waals surface area contributed by atoms with E-state index in [0.29, 0.717) is 12.0 Å². The van der Waals surface area contributed by atoms with Crippen molar-refractivity contribution < 1.29 is 13.3 Å². The van der Waals surface area contributed by atoms with E-state index in [0.717, 1.165) is 11.1 Å². The van der Waals surface area contributed by atoms with Crippen molar-refractivity contribution in [3.8, 4) is 0 Å². The molecule has 0 heterocycles. The topological polar surface area (TPSA) is 89.3 Å². The molecule has 0 aliphatic heterocycles. The highest BCUT2D eigenvalue weighted by Gasteiger charge is 2.21. The fourth-order valence-electron chi connectivity index (χ4n) is 2.95. The molecule has 0 aliphatic rings. The molecule has 0 bridgehead atoms. The third-order valence-electron chi connectivity index (χ3n) is 4.31. The fraction of sp³-hybridized carbons (Fsp3) is 0.143. The minimum atomic E-state index is -3.66. The van der Waals surface area contributed by atoms with Crippen molar-refractivity contribution in [1.82, 2.24) is 4.72 Å². The third-order valence-corrected chi connectivity index (χ3v) is 5.67. The maximum absolute atomic E-state index is 12.7. The van der Waals surface area contributed by atoms with Crippen LogP contribution in [0.1, 0.15) is 22.7 Å². The Balaban J connectivity index is 1.79. The number of nitrogens with zero attached hydrogens (tertiary/aromatic N) is 1. The molecule has 3 rings (SSSR count). The molecular formula is C21H20N2O4S. The largest absolute Gasteiger partial charge is 0.269 e. The molecule has 3 aromatic rings. The molecule has 1 unspecified atom stereocenters. The maximum Gasteiger partial charge on any atom is 0.269 e. The highest BCUT2D eigenvalue weighted by Crippen LogP contribution is 2.21. The average molecular weight is 396 g/mol. The lowest BCUT2D eigenvalue weighted by Crippen LogP contribution is -2.31. The van der Waals surface area contributed by atoms with Gasteiger partial charge in [0.15, 0.2) is 0 Å². The molecule has 0 aromatic heterocycles. The van der Waals surface area contributed by atoms with Crippen molar-refractivity contribution in [1.29, 1.82) is 0 Å². The first-order valence-electron chi connectivity index (χ1n) is 8.75. The van der Waals surface area contributed by atoms with E-state index >= 15 is 0 Å². The highest BCUT2D eigenvalue weighted by molar-refractivity contribution is 7.88. The quantitative estimate of drug-likeness (QED) is 0.460. The molecule has 28 heavy (non-hydrogen) atoms. The van der Waals surface area contributed by atoms with Crippen molar-refractivity contribution in [2.24, 2.45) is 0 Å². The van der Waals surface area contributed by atoms with Crippen molar-refractivity contribution in [2.75, 3.05) is 0 Å². The van der Waals surface area contributed by atoms with Gasteiger partial charge in [-0.05, 0) is 23.1 Å². The van der Waals surface area contributed by atoms with E-state index in [9.17, 15) is 18.5 Å². The van der Waals surface area contributed by atoms with E-state index in [-0.39, 0.29) is 11.4 Å². The zero-order chi connectivity index (χ0) is 20.0. The van der Waals surface area contributed by atoms with E-state index in [4.69, 9.17) is 0 Å². The number of nitrogens with one attached hydrogen (secondary N) is 1. The SMILES string of the molecule is O=[N+]([O-])c1ccc(CS(=O)(=O)NC(Cc2ccccc2)c2ccccc2)cc1. The summed E-state index contributed by atoms with van der Waals surface area (Å²) in [5.41, 5.74) is 2.32. The van der Waals surface area contributed by atoms with Gasteiger partial charge >= 0.3 is 0 Å². The van der Waals surface area contributed by atoms with Crippen LogP contribution in [0.4, 0.5) is 5.69 Å². The molecule has 0 amide bonds. The zero-order valence-corrected chi connectivity index (χ0v) is 15.9. The van der Waals surface area contributed by atoms with Crippen LogP contribution < -0.4 is 4.72 Å². The van der Waals surface area contributed by atoms with Gasteiger partial charge in [0.25, 0.3) is 5.69 Å². The first kappa shape index (κ1) is 19.7. The summed E-state index contributed by atoms with van der Waals surface area (Å²) in [5, 5.41) is 10.7. The molecule has 0 spiro atoms. The maximum atomic E-state index is 12.7. The predicted molar refractivity (Wildman–Crippen MR) is 108 cm³/mol. The Morgan fingerprint density at radius 1 is 0.821 bits per heavy atom. The second-order valence-corrected chi connectivity index (χ2v) is 8.21. The first-order chi connectivity index (χ1) is 13.4. The smallest absolute Gasteiger partial charge is 0.258 e. The summed E-state index contributed by atoms with van der Waals surface area (Å²) in [6, 6.07) is 24.2. The minimum absolute atomic E-state index is 0.0691. The number of rotatable bonds is 8. The molecule has 0 aliphatic carbocycles. The first-order valence-corrected chi connectivity index (χ1v) is 10.4. The highest BCUT2D eigenvalue weighted by atomic mass is 32.2. The monoisotopic (exact) mass is 396 g/mol. The minimum Gasteiger partial charge on any atom is -0.258 e. The van der Waals surface area contributed by atoms with E-state index in [1.165, 1.54) is 24.3 Å². The predicted octanol–water partition coefficient (Wildman–Crippen LogP) is 4.00. The standard InChI is InChI=1S/C21H20N2O4S/c24-23(25)20-13-11-18(12-14-20)16-28(26,27)22-21(19-9-5-2-6-10-19)15-17-7-3-1-4-8-17/h1-14,21-22H,15-16H2. The van der Waals surface area contributed by atoms with Gasteiger partial charge in [0.1, 0.15) is 0 Å². The second kappa shape index (κ2) is 8.77. The van der Waals surface area contributed by atoms with Crippen molar-refractivity contribution in [3.05, 3.63) is 112 Å². The molecule has 0 radical (unpaired) electrons. The van der Waals surface area contributed by atoms with Gasteiger partial charge < -0.3 is 0 Å². The second-order valence-electron chi connectivity index (χ2n) is 6.45. The van der Waals surface area contributed by atoms with Crippen LogP contribution in [0.3, 0.4) is 0 Å². The number of hydrogen-bond acceptors (Lipinski definition) is 4. The van der Waals surface area contributed by atoms with Crippen molar-refractivity contribution >= 4 is 15.7 Å². The molecule has 0 saturated carbocycles. The van der Waals surface area contributed by atoms with Gasteiger partial charge in [-0.2, -0.15) is 0 Å². The number of non-ortho nitro benzene ring substituents is 1. The number of nitro benzene ring substituents is 1. The Labute approximate surface area is 164 Å². The molecule has 3 aromatic carbocycles. The Hall–Kier alpha value is -3.03. The summed E-state index contributed by atoms with van der Waals surface area (Å²) >= 11 is 0. The number of nitro groups is 1. The van der Waals surface area contributed by atoms with Gasteiger partial charge in [0.2, 0.25) is 10.0 Å². The van der Waals surface area contributed by atoms with Crippen LogP contribution in [0.2, 0.25) is 0 Å². The summed E-state index contributed by atoms with van der Waals surface area (Å²) in [7, 11) is -3.66. The lowest BCUT2D eigenvalue weighted by molar-refractivity contribution is -0.384. The van der Waals surface area contributed by atoms with Crippen LogP contribution in [0, 0.1) is 10.1 Å².